The van der Waals surface area contributed by atoms with Crippen LogP contribution in [0.3, 0.4) is 0 Å². The minimum Gasteiger partial charge on any atom is -0.413 e. The van der Waals surface area contributed by atoms with Crippen LogP contribution in [0.15, 0.2) is 42.7 Å². The molecule has 0 bridgehead atoms. The zero-order chi connectivity index (χ0) is 31.0. The Morgan fingerprint density at radius 3 is 2.21 bits per heavy atom. The van der Waals surface area contributed by atoms with E-state index in [1.807, 2.05) is 6.07 Å². The predicted octanol–water partition coefficient (Wildman–Crippen LogP) is 8.03. The SMILES string of the molecule is CCc1cc(F)c(-c2nc(C(=O)Cc3cnccc3N3C[C@@H](C)C(O[Si](C)(C)C(C)(C)C)[C@@H](C)C3)ccc2F)c(F)c1. The van der Waals surface area contributed by atoms with Crippen LogP contribution in [0.2, 0.25) is 18.1 Å². The van der Waals surface area contributed by atoms with Crippen molar-refractivity contribution in [3.05, 3.63) is 77.0 Å². The highest BCUT2D eigenvalue weighted by Crippen LogP contribution is 2.41. The number of anilines is 1. The van der Waals surface area contributed by atoms with E-state index in [1.54, 1.807) is 19.3 Å². The molecule has 1 aromatic carbocycles. The summed E-state index contributed by atoms with van der Waals surface area (Å²) >= 11 is 0. The largest absolute Gasteiger partial charge is 0.413 e. The molecule has 3 aromatic rings. The fraction of sp³-hybridized carbons (Fsp3) is 0.485. The minimum atomic E-state index is -1.95. The fourth-order valence-corrected chi connectivity index (χ4v) is 6.94. The van der Waals surface area contributed by atoms with Gasteiger partial charge < -0.3 is 9.33 Å². The number of nitrogens with zero attached hydrogens (tertiary/aromatic N) is 3. The Morgan fingerprint density at radius 2 is 1.64 bits per heavy atom. The lowest BCUT2D eigenvalue weighted by Crippen LogP contribution is -2.54. The Morgan fingerprint density at radius 1 is 1.02 bits per heavy atom. The second kappa shape index (κ2) is 12.3. The number of benzene rings is 1. The van der Waals surface area contributed by atoms with Crippen molar-refractivity contribution in [1.29, 1.82) is 0 Å². The van der Waals surface area contributed by atoms with Crippen molar-refractivity contribution >= 4 is 19.8 Å². The van der Waals surface area contributed by atoms with Crippen molar-refractivity contribution in [3.63, 3.8) is 0 Å². The summed E-state index contributed by atoms with van der Waals surface area (Å²) in [5, 5.41) is 0.118. The van der Waals surface area contributed by atoms with Crippen molar-refractivity contribution in [3.8, 4) is 11.3 Å². The van der Waals surface area contributed by atoms with E-state index in [-0.39, 0.29) is 35.1 Å². The molecule has 226 valence electrons. The van der Waals surface area contributed by atoms with Gasteiger partial charge in [0.1, 0.15) is 28.8 Å². The third-order valence-electron chi connectivity index (χ3n) is 8.82. The van der Waals surface area contributed by atoms with E-state index in [0.29, 0.717) is 17.5 Å². The number of hydrogen-bond donors (Lipinski definition) is 0. The van der Waals surface area contributed by atoms with Crippen molar-refractivity contribution in [2.45, 2.75) is 78.6 Å². The average molecular weight is 598 g/mol. The Hall–Kier alpha value is -3.04. The number of pyridine rings is 2. The molecule has 0 aliphatic carbocycles. The summed E-state index contributed by atoms with van der Waals surface area (Å²) in [4.78, 5) is 24.0. The zero-order valence-electron chi connectivity index (χ0n) is 25.9. The van der Waals surface area contributed by atoms with Gasteiger partial charge in [-0.25, -0.2) is 18.2 Å². The minimum absolute atomic E-state index is 0.0376. The van der Waals surface area contributed by atoms with E-state index >= 15 is 0 Å². The third-order valence-corrected chi connectivity index (χ3v) is 13.3. The number of piperidine rings is 1. The molecule has 0 amide bonds. The molecule has 1 aliphatic heterocycles. The van der Waals surface area contributed by atoms with Crippen molar-refractivity contribution < 1.29 is 22.4 Å². The molecule has 9 heteroatoms. The van der Waals surface area contributed by atoms with E-state index in [9.17, 15) is 18.0 Å². The highest BCUT2D eigenvalue weighted by molar-refractivity contribution is 6.74. The molecule has 0 radical (unpaired) electrons. The van der Waals surface area contributed by atoms with E-state index < -0.39 is 42.8 Å². The molecule has 3 heterocycles. The van der Waals surface area contributed by atoms with Gasteiger partial charge in [-0.2, -0.15) is 0 Å². The lowest BCUT2D eigenvalue weighted by Gasteiger charge is -2.48. The summed E-state index contributed by atoms with van der Waals surface area (Å²) in [7, 11) is -1.95. The van der Waals surface area contributed by atoms with Crippen LogP contribution in [0.1, 0.15) is 63.2 Å². The number of halogens is 3. The van der Waals surface area contributed by atoms with Gasteiger partial charge in [0.15, 0.2) is 14.1 Å². The summed E-state index contributed by atoms with van der Waals surface area (Å²) in [5.74, 6) is -2.59. The third kappa shape index (κ3) is 6.62. The van der Waals surface area contributed by atoms with E-state index in [0.717, 1.165) is 24.8 Å². The van der Waals surface area contributed by atoms with Gasteiger partial charge in [-0.1, -0.05) is 41.5 Å². The number of aromatic nitrogens is 2. The zero-order valence-corrected chi connectivity index (χ0v) is 26.9. The van der Waals surface area contributed by atoms with Crippen LogP contribution >= 0.6 is 0 Å². The molecular formula is C33H42F3N3O2Si. The van der Waals surface area contributed by atoms with E-state index in [2.05, 4.69) is 62.6 Å². The number of aryl methyl sites for hydroxylation is 1. The smallest absolute Gasteiger partial charge is 0.192 e. The van der Waals surface area contributed by atoms with E-state index in [1.165, 1.54) is 18.2 Å². The molecule has 2 aromatic heterocycles. The lowest BCUT2D eigenvalue weighted by atomic mass is 9.87. The average Bonchev–Trinajstić information content (AvgIpc) is 2.90. The van der Waals surface area contributed by atoms with Gasteiger partial charge in [0, 0.05) is 43.2 Å². The first-order chi connectivity index (χ1) is 19.6. The number of ketones is 1. The van der Waals surface area contributed by atoms with Crippen LogP contribution in [0.25, 0.3) is 11.3 Å². The molecule has 1 aliphatic rings. The molecule has 5 nitrogen and oxygen atoms in total. The Bertz CT molecular complexity index is 1420. The molecule has 3 atom stereocenters. The lowest BCUT2D eigenvalue weighted by molar-refractivity contribution is 0.0627. The summed E-state index contributed by atoms with van der Waals surface area (Å²) in [5.41, 5.74) is 0.899. The molecule has 1 saturated heterocycles. The number of hydrogen-bond acceptors (Lipinski definition) is 5. The first-order valence-electron chi connectivity index (χ1n) is 14.7. The molecule has 0 spiro atoms. The van der Waals surface area contributed by atoms with Gasteiger partial charge in [0.2, 0.25) is 0 Å². The number of carbonyl (C=O) groups excluding carboxylic acids is 1. The molecule has 42 heavy (non-hydrogen) atoms. The molecule has 1 fully saturated rings. The van der Waals surface area contributed by atoms with Crippen LogP contribution < -0.4 is 4.90 Å². The van der Waals surface area contributed by atoms with E-state index in [4.69, 9.17) is 4.43 Å². The van der Waals surface area contributed by atoms with Gasteiger partial charge >= 0.3 is 0 Å². The number of rotatable bonds is 8. The summed E-state index contributed by atoms with van der Waals surface area (Å²) in [6.07, 6.45) is 3.90. The molecule has 0 saturated carbocycles. The quantitative estimate of drug-likeness (QED) is 0.194. The molecule has 0 N–H and O–H groups in total. The Kier molecular flexibility index (Phi) is 9.33. The Labute approximate surface area is 248 Å². The highest BCUT2D eigenvalue weighted by atomic mass is 28.4. The van der Waals surface area contributed by atoms with Gasteiger partial charge in [-0.15, -0.1) is 0 Å². The second-order valence-electron chi connectivity index (χ2n) is 13.1. The van der Waals surface area contributed by atoms with Gasteiger partial charge in [-0.05, 0) is 72.3 Å². The van der Waals surface area contributed by atoms with Crippen LogP contribution in [-0.4, -0.2) is 43.3 Å². The first-order valence-corrected chi connectivity index (χ1v) is 17.6. The van der Waals surface area contributed by atoms with Crippen molar-refractivity contribution in [2.75, 3.05) is 18.0 Å². The maximum Gasteiger partial charge on any atom is 0.192 e. The standard InChI is InChI=1S/C33H42F3N3O2Si/c1-9-22-14-25(35)30(26(36)15-22)31-24(34)10-11-27(38-31)29(40)16-23-17-37-13-12-28(23)39-18-20(2)32(21(3)19-39)41-42(7,8)33(4,5)6/h10-15,17,20-21,32H,9,16,18-19H2,1-8H3/t20-,21+,32?. The maximum atomic E-state index is 14.8. The topological polar surface area (TPSA) is 55.3 Å². The number of Topliss-reactive ketones (excluding diaryl/α,β-unsaturated/α-hetero) is 1. The second-order valence-corrected chi connectivity index (χ2v) is 17.9. The van der Waals surface area contributed by atoms with Crippen LogP contribution in [0.4, 0.5) is 18.9 Å². The summed E-state index contributed by atoms with van der Waals surface area (Å²) in [6, 6.07) is 6.52. The van der Waals surface area contributed by atoms with Gasteiger partial charge in [0.05, 0.1) is 11.7 Å². The van der Waals surface area contributed by atoms with Crippen LogP contribution in [0.5, 0.6) is 0 Å². The first kappa shape index (κ1) is 31.9. The summed E-state index contributed by atoms with van der Waals surface area (Å²) in [6.45, 7) is 19.0. The summed E-state index contributed by atoms with van der Waals surface area (Å²) < 4.78 is 51.2. The van der Waals surface area contributed by atoms with Gasteiger partial charge in [0.25, 0.3) is 0 Å². The molecule has 1 unspecified atom stereocenters. The maximum absolute atomic E-state index is 14.8. The van der Waals surface area contributed by atoms with Crippen molar-refractivity contribution in [1.82, 2.24) is 9.97 Å². The highest BCUT2D eigenvalue weighted by Gasteiger charge is 2.43. The van der Waals surface area contributed by atoms with Gasteiger partial charge in [-0.3, -0.25) is 9.78 Å². The van der Waals surface area contributed by atoms with Crippen molar-refractivity contribution in [2.24, 2.45) is 11.8 Å². The van der Waals surface area contributed by atoms with Crippen LogP contribution in [0, 0.1) is 29.3 Å². The molecular weight excluding hydrogens is 555 g/mol. The molecule has 4 rings (SSSR count). The predicted molar refractivity (Wildman–Crippen MR) is 164 cm³/mol. The Balaban J connectivity index is 1.57. The fourth-order valence-electron chi connectivity index (χ4n) is 5.44. The normalized spacial score (nSPS) is 19.7. The monoisotopic (exact) mass is 597 g/mol. The number of carbonyl (C=O) groups is 1. The van der Waals surface area contributed by atoms with Crippen LogP contribution in [-0.2, 0) is 17.3 Å².